The van der Waals surface area contributed by atoms with Gasteiger partial charge in [0, 0.05) is 16.7 Å². The van der Waals surface area contributed by atoms with Crippen molar-refractivity contribution in [3.05, 3.63) is 127 Å². The summed E-state index contributed by atoms with van der Waals surface area (Å²) in [4.78, 5) is 76.6. The molecule has 6 aromatic heterocycles. The highest BCUT2D eigenvalue weighted by molar-refractivity contribution is 7.48. The topological polar surface area (TPSA) is 404 Å². The van der Waals surface area contributed by atoms with Crippen LogP contribution in [0.3, 0.4) is 0 Å². The van der Waals surface area contributed by atoms with Gasteiger partial charge < -0.3 is 59.1 Å². The van der Waals surface area contributed by atoms with E-state index in [2.05, 4.69) is 44.9 Å². The van der Waals surface area contributed by atoms with Gasteiger partial charge in [0.05, 0.1) is 76.8 Å². The highest BCUT2D eigenvalue weighted by Crippen LogP contribution is 2.52. The van der Waals surface area contributed by atoms with E-state index < -0.39 is 119 Å². The SMILES string of the molecule is COC(=O)c1cccc(-c2ncnc3c2ncn3[C@@H]2O[C@H](COP(=O)(OC[C@H]3O[C@@H](n4cnc5c(-c6cccc(C(=O)OC)c6)ncnc54)[C@H](O)[C@@H]3O)OC[C@H]3O[C@@H](n4cnc5c(-c6cccc(C(=O)OC)c6)ncnc54)[C@H](O)[C@@H]3O)[C@@H](O)[C@H]2O)c1. The Morgan fingerprint density at radius 2 is 0.733 bits per heavy atom. The van der Waals surface area contributed by atoms with Gasteiger partial charge in [0.1, 0.15) is 108 Å². The highest BCUT2D eigenvalue weighted by Gasteiger charge is 2.50. The summed E-state index contributed by atoms with van der Waals surface area (Å²) in [7, 11) is -1.32. The Morgan fingerprint density at radius 3 is 1.01 bits per heavy atom. The minimum absolute atomic E-state index is 0.156. The second-order valence-corrected chi connectivity index (χ2v) is 21.5. The molecule has 3 aromatic carbocycles. The summed E-state index contributed by atoms with van der Waals surface area (Å²) in [6, 6.07) is 19.3. The number of esters is 3. The molecule has 0 unspecified atom stereocenters. The number of carbonyl (C=O) groups is 3. The van der Waals surface area contributed by atoms with Crippen LogP contribution in [0, 0.1) is 0 Å². The normalized spacial score (nSPS) is 24.9. The van der Waals surface area contributed by atoms with Crippen molar-refractivity contribution >= 4 is 59.2 Å². The molecule has 446 valence electrons. The van der Waals surface area contributed by atoms with Gasteiger partial charge in [-0.3, -0.25) is 27.3 Å². The quantitative estimate of drug-likeness (QED) is 0.0406. The fraction of sp³-hybridized carbons (Fsp3) is 0.333. The molecule has 0 spiro atoms. The second kappa shape index (κ2) is 23.7. The van der Waals surface area contributed by atoms with Crippen molar-refractivity contribution in [2.75, 3.05) is 41.2 Å². The van der Waals surface area contributed by atoms with Gasteiger partial charge in [-0.25, -0.2) is 63.8 Å². The smallest absolute Gasteiger partial charge is 0.465 e. The molecule has 9 aromatic rings. The Balaban J connectivity index is 0.790. The summed E-state index contributed by atoms with van der Waals surface area (Å²) in [6.07, 6.45) is -11.2. The minimum Gasteiger partial charge on any atom is -0.465 e. The molecule has 31 nitrogen and oxygen atoms in total. The molecule has 12 atom stereocenters. The molecule has 0 amide bonds. The number of aliphatic hydroxyl groups excluding tert-OH is 6. The van der Waals surface area contributed by atoms with E-state index in [1.165, 1.54) is 73.0 Å². The Morgan fingerprint density at radius 1 is 0.442 bits per heavy atom. The third-order valence-corrected chi connectivity index (χ3v) is 16.2. The lowest BCUT2D eigenvalue weighted by atomic mass is 10.1. The molecule has 12 rings (SSSR count). The van der Waals surface area contributed by atoms with Crippen molar-refractivity contribution in [2.45, 2.75) is 73.6 Å². The van der Waals surface area contributed by atoms with Crippen LogP contribution in [0.15, 0.2) is 111 Å². The van der Waals surface area contributed by atoms with Crippen LogP contribution in [0.1, 0.15) is 49.8 Å². The van der Waals surface area contributed by atoms with Gasteiger partial charge in [0.25, 0.3) is 0 Å². The number of rotatable bonds is 18. The van der Waals surface area contributed by atoms with E-state index in [4.69, 9.17) is 42.0 Å². The molecule has 9 heterocycles. The standard InChI is InChI=1S/C54H51N12O19P/c1-77-52(73)28-10-4-7-25(13-28)34-37-46(58-19-55-34)64(22-61-37)49-43(70)40(67)31(83-49)16-80-86(76,81-17-32-41(68)44(71)50(84-32)65-23-62-38-35(56-20-59-47(38)65)26-8-5-11-29(14-26)53(74)78-2)82-18-33-42(69)45(72)51(85-33)66-24-63-39-36(57-21-60-48(39)66)27-9-6-12-30(15-27)54(75)79-3/h4-15,19-24,31-33,40-45,49-51,67-72H,16-18H2,1-3H3/t31-,32-,33-,40-,41-,42-,43-,44-,45-,49-,50-,51-/m1/s1. The predicted octanol–water partition coefficient (Wildman–Crippen LogP) is 1.88. The minimum atomic E-state index is -5.07. The summed E-state index contributed by atoms with van der Waals surface area (Å²) < 4.78 is 69.5. The van der Waals surface area contributed by atoms with Crippen molar-refractivity contribution in [3.8, 4) is 33.8 Å². The fourth-order valence-corrected chi connectivity index (χ4v) is 11.6. The van der Waals surface area contributed by atoms with Crippen molar-refractivity contribution < 1.29 is 91.6 Å². The molecule has 3 fully saturated rings. The molecular weight excluding hydrogens is 1150 g/mol. The average Bonchev–Trinajstić information content (AvgIpc) is 2.24. The molecule has 32 heteroatoms. The summed E-state index contributed by atoms with van der Waals surface area (Å²) in [5, 5.41) is 68.7. The number of hydrogen-bond donors (Lipinski definition) is 6. The molecule has 3 aliphatic heterocycles. The molecular formula is C54H51N12O19P. The van der Waals surface area contributed by atoms with Crippen LogP contribution < -0.4 is 0 Å². The first-order chi connectivity index (χ1) is 41.6. The largest absolute Gasteiger partial charge is 0.475 e. The van der Waals surface area contributed by atoms with E-state index in [9.17, 15) is 45.0 Å². The van der Waals surface area contributed by atoms with Crippen molar-refractivity contribution in [3.63, 3.8) is 0 Å². The number of phosphoric acid groups is 1. The number of imidazole rings is 3. The molecule has 0 bridgehead atoms. The lowest BCUT2D eigenvalue weighted by molar-refractivity contribution is -0.0723. The number of hydrogen-bond acceptors (Lipinski definition) is 28. The third-order valence-electron chi connectivity index (χ3n) is 14.8. The first-order valence-electron chi connectivity index (χ1n) is 26.3. The van der Waals surface area contributed by atoms with Crippen LogP contribution in [0.25, 0.3) is 67.3 Å². The first-order valence-corrected chi connectivity index (χ1v) is 27.7. The van der Waals surface area contributed by atoms with Gasteiger partial charge in [-0.15, -0.1) is 0 Å². The summed E-state index contributed by atoms with van der Waals surface area (Å²) in [6.45, 7) is -2.43. The number of carbonyl (C=O) groups excluding carboxylic acids is 3. The molecule has 3 aliphatic rings. The number of fused-ring (bicyclic) bond motifs is 3. The zero-order valence-corrected chi connectivity index (χ0v) is 46.1. The van der Waals surface area contributed by atoms with E-state index in [1.807, 2.05) is 0 Å². The van der Waals surface area contributed by atoms with Gasteiger partial charge >= 0.3 is 25.7 Å². The zero-order chi connectivity index (χ0) is 60.1. The molecule has 0 saturated carbocycles. The van der Waals surface area contributed by atoms with Gasteiger partial charge in [-0.1, -0.05) is 36.4 Å². The average molecular weight is 1200 g/mol. The molecule has 0 radical (unpaired) electrons. The van der Waals surface area contributed by atoms with Crippen LogP contribution in [-0.4, -0.2) is 203 Å². The maximum atomic E-state index is 15.0. The highest BCUT2D eigenvalue weighted by atomic mass is 31.2. The van der Waals surface area contributed by atoms with E-state index >= 15 is 4.57 Å². The van der Waals surface area contributed by atoms with Crippen LogP contribution in [0.2, 0.25) is 0 Å². The number of ether oxygens (including phenoxy) is 6. The van der Waals surface area contributed by atoms with Crippen LogP contribution >= 0.6 is 7.82 Å². The van der Waals surface area contributed by atoms with Crippen LogP contribution in [0.5, 0.6) is 0 Å². The Hall–Kier alpha value is -8.53. The summed E-state index contributed by atoms with van der Waals surface area (Å²) >= 11 is 0. The van der Waals surface area contributed by atoms with Gasteiger partial charge in [0.15, 0.2) is 35.6 Å². The van der Waals surface area contributed by atoms with E-state index in [0.29, 0.717) is 33.8 Å². The molecule has 86 heavy (non-hydrogen) atoms. The number of benzene rings is 3. The van der Waals surface area contributed by atoms with E-state index in [1.54, 1.807) is 72.8 Å². The van der Waals surface area contributed by atoms with E-state index in [0.717, 1.165) is 0 Å². The maximum absolute atomic E-state index is 15.0. The van der Waals surface area contributed by atoms with Crippen molar-refractivity contribution in [1.82, 2.24) is 58.6 Å². The predicted molar refractivity (Wildman–Crippen MR) is 290 cm³/mol. The molecule has 3 saturated heterocycles. The summed E-state index contributed by atoms with van der Waals surface area (Å²) in [5.74, 6) is -1.74. The van der Waals surface area contributed by atoms with Crippen molar-refractivity contribution in [1.29, 1.82) is 0 Å². The summed E-state index contributed by atoms with van der Waals surface area (Å²) in [5.41, 5.74) is 4.33. The van der Waals surface area contributed by atoms with Gasteiger partial charge in [-0.2, -0.15) is 0 Å². The maximum Gasteiger partial charge on any atom is 0.475 e. The first kappa shape index (κ1) is 57.9. The fourth-order valence-electron chi connectivity index (χ4n) is 10.4. The number of methoxy groups -OCH3 is 3. The number of aromatic nitrogens is 12. The van der Waals surface area contributed by atoms with E-state index in [-0.39, 0.29) is 50.2 Å². The Bertz CT molecular complexity index is 3690. The van der Waals surface area contributed by atoms with Crippen LogP contribution in [0.4, 0.5) is 0 Å². The monoisotopic (exact) mass is 1200 g/mol. The Labute approximate surface area is 483 Å². The molecule has 6 N–H and O–H groups in total. The van der Waals surface area contributed by atoms with Crippen LogP contribution in [-0.2, 0) is 46.6 Å². The lowest BCUT2D eigenvalue weighted by Crippen LogP contribution is -2.35. The molecule has 0 aliphatic carbocycles. The third kappa shape index (κ3) is 10.6. The van der Waals surface area contributed by atoms with Gasteiger partial charge in [0.2, 0.25) is 0 Å². The Kier molecular flexibility index (Phi) is 16.0. The number of nitrogens with zero attached hydrogens (tertiary/aromatic N) is 12. The van der Waals surface area contributed by atoms with Crippen molar-refractivity contribution in [2.24, 2.45) is 0 Å². The van der Waals surface area contributed by atoms with Gasteiger partial charge in [-0.05, 0) is 36.4 Å². The lowest BCUT2D eigenvalue weighted by Gasteiger charge is -2.24. The number of phosphoric ester groups is 1. The zero-order valence-electron chi connectivity index (χ0n) is 45.2. The number of aliphatic hydroxyl groups is 6. The second-order valence-electron chi connectivity index (χ2n) is 19.8.